The van der Waals surface area contributed by atoms with Crippen LogP contribution in [0.5, 0.6) is 0 Å². The van der Waals surface area contributed by atoms with Gasteiger partial charge in [-0.3, -0.25) is 9.36 Å². The van der Waals surface area contributed by atoms with Gasteiger partial charge in [-0.15, -0.1) is 0 Å². The molecule has 0 radical (unpaired) electrons. The molecule has 3 aromatic rings. The van der Waals surface area contributed by atoms with Gasteiger partial charge in [0, 0.05) is 40.5 Å². The monoisotopic (exact) mass is 403 g/mol. The number of hydrogen-bond acceptors (Lipinski definition) is 4. The van der Waals surface area contributed by atoms with Crippen molar-refractivity contribution in [1.82, 2.24) is 9.55 Å². The smallest absolute Gasteiger partial charge is 0.300 e. The van der Waals surface area contributed by atoms with Crippen molar-refractivity contribution in [3.05, 3.63) is 81.9 Å². The van der Waals surface area contributed by atoms with Gasteiger partial charge in [-0.2, -0.15) is 0 Å². The zero-order chi connectivity index (χ0) is 19.6. The van der Waals surface area contributed by atoms with Gasteiger partial charge >= 0.3 is 0 Å². The number of benzene rings is 2. The molecule has 0 bridgehead atoms. The summed E-state index contributed by atoms with van der Waals surface area (Å²) in [6.07, 6.45) is 2.34. The first-order valence-electron chi connectivity index (χ1n) is 7.92. The Morgan fingerprint density at radius 2 is 1.85 bits per heavy atom. The third-order valence-corrected chi connectivity index (χ3v) is 4.32. The Morgan fingerprint density at radius 3 is 2.56 bits per heavy atom. The van der Waals surface area contributed by atoms with Crippen LogP contribution in [0.1, 0.15) is 30.1 Å². The van der Waals surface area contributed by atoms with Crippen LogP contribution in [0.4, 0.5) is 0 Å². The predicted octanol–water partition coefficient (Wildman–Crippen LogP) is 4.11. The third kappa shape index (κ3) is 4.03. The second kappa shape index (κ2) is 7.92. The van der Waals surface area contributed by atoms with Crippen molar-refractivity contribution < 1.29 is 15.0 Å². The topological polar surface area (TPSA) is 87.7 Å². The van der Waals surface area contributed by atoms with Gasteiger partial charge < -0.3 is 10.2 Å². The number of hydrogen-bond donors (Lipinski definition) is 2. The van der Waals surface area contributed by atoms with Crippen LogP contribution in [0.2, 0.25) is 10.0 Å². The molecule has 1 atom stereocenters. The predicted molar refractivity (Wildman–Crippen MR) is 104 cm³/mol. The molecule has 2 aromatic carbocycles. The van der Waals surface area contributed by atoms with E-state index in [1.807, 2.05) is 34.9 Å². The zero-order valence-electron chi connectivity index (χ0n) is 14.2. The van der Waals surface area contributed by atoms with Crippen LogP contribution in [-0.4, -0.2) is 31.4 Å². The molecule has 6 nitrogen and oxygen atoms in total. The minimum absolute atomic E-state index is 0.454. The molecule has 0 aliphatic carbocycles. The van der Waals surface area contributed by atoms with Crippen molar-refractivity contribution in [2.45, 2.75) is 13.2 Å². The van der Waals surface area contributed by atoms with Gasteiger partial charge in [0.2, 0.25) is 6.23 Å². The van der Waals surface area contributed by atoms with Crippen molar-refractivity contribution in [2.75, 3.05) is 0 Å². The number of carbonyl (C=O) groups is 1. The number of carboxylic acids is 1. The van der Waals surface area contributed by atoms with Crippen molar-refractivity contribution >= 4 is 34.9 Å². The summed E-state index contributed by atoms with van der Waals surface area (Å²) in [5, 5.41) is 19.0. The number of imidazole rings is 1. The normalized spacial score (nSPS) is 14.8. The van der Waals surface area contributed by atoms with Gasteiger partial charge in [-0.05, 0) is 24.3 Å². The van der Waals surface area contributed by atoms with E-state index < -0.39 is 12.2 Å². The number of aliphatic hydroxyl groups is 1. The SMILES string of the molecule is CC(=O)O.OC1N=C(c2ccccc2Cl)c2cc(Cl)ccc2-n2ccnc21. The standard InChI is InChI=1S/C17H11Cl2N3O.C2H4O2/c18-10-5-6-14-12(9-10)15(11-3-1-2-4-13(11)19)21-17(23)16-20-7-8-22(14)16;1-2(3)4/h1-9,17,23H;1H3,(H,3,4). The lowest BCUT2D eigenvalue weighted by Crippen LogP contribution is -2.07. The van der Waals surface area contributed by atoms with E-state index in [0.717, 1.165) is 23.7 Å². The molecule has 8 heteroatoms. The van der Waals surface area contributed by atoms with E-state index in [4.69, 9.17) is 33.1 Å². The average molecular weight is 404 g/mol. The molecule has 1 aliphatic heterocycles. The Labute approximate surface area is 165 Å². The van der Waals surface area contributed by atoms with E-state index in [2.05, 4.69) is 9.98 Å². The number of aliphatic imine (C=N–C) groups is 1. The van der Waals surface area contributed by atoms with E-state index in [0.29, 0.717) is 21.6 Å². The highest BCUT2D eigenvalue weighted by Gasteiger charge is 2.25. The molecule has 138 valence electrons. The fourth-order valence-electron chi connectivity index (χ4n) is 2.74. The summed E-state index contributed by atoms with van der Waals surface area (Å²) in [4.78, 5) is 17.7. The largest absolute Gasteiger partial charge is 0.481 e. The van der Waals surface area contributed by atoms with Crippen LogP contribution in [0.3, 0.4) is 0 Å². The number of rotatable bonds is 1. The fraction of sp³-hybridized carbons (Fsp3) is 0.105. The average Bonchev–Trinajstić information content (AvgIpc) is 3.06. The Balaban J connectivity index is 0.000000481. The Kier molecular flexibility index (Phi) is 5.60. The molecular weight excluding hydrogens is 389 g/mol. The number of carboxylic acid groups (broad SMARTS) is 1. The quantitative estimate of drug-likeness (QED) is 0.639. The summed E-state index contributed by atoms with van der Waals surface area (Å²) in [5.74, 6) is -0.379. The molecule has 0 fully saturated rings. The zero-order valence-corrected chi connectivity index (χ0v) is 15.7. The maximum absolute atomic E-state index is 10.4. The molecule has 27 heavy (non-hydrogen) atoms. The first kappa shape index (κ1) is 19.1. The summed E-state index contributed by atoms with van der Waals surface area (Å²) in [7, 11) is 0. The van der Waals surface area contributed by atoms with Gasteiger partial charge in [0.05, 0.1) is 11.4 Å². The van der Waals surface area contributed by atoms with Crippen LogP contribution in [0.15, 0.2) is 59.9 Å². The highest BCUT2D eigenvalue weighted by atomic mass is 35.5. The molecule has 0 saturated carbocycles. The number of aliphatic carboxylic acids is 1. The molecule has 0 saturated heterocycles. The summed E-state index contributed by atoms with van der Waals surface area (Å²) < 4.78 is 1.81. The first-order chi connectivity index (χ1) is 12.9. The Hall–Kier alpha value is -2.67. The highest BCUT2D eigenvalue weighted by molar-refractivity contribution is 6.36. The molecule has 0 spiro atoms. The van der Waals surface area contributed by atoms with Crippen molar-refractivity contribution in [1.29, 1.82) is 0 Å². The third-order valence-electron chi connectivity index (χ3n) is 3.75. The van der Waals surface area contributed by atoms with Gasteiger partial charge in [0.1, 0.15) is 0 Å². The molecule has 1 unspecified atom stereocenters. The molecule has 1 aromatic heterocycles. The number of halogens is 2. The van der Waals surface area contributed by atoms with Crippen LogP contribution in [0, 0.1) is 0 Å². The van der Waals surface area contributed by atoms with Crippen LogP contribution in [0.25, 0.3) is 5.69 Å². The molecule has 2 N–H and O–H groups in total. The highest BCUT2D eigenvalue weighted by Crippen LogP contribution is 2.32. The maximum Gasteiger partial charge on any atom is 0.300 e. The number of aliphatic hydroxyl groups excluding tert-OH is 1. The van der Waals surface area contributed by atoms with E-state index in [9.17, 15) is 5.11 Å². The molecular formula is C19H15Cl2N3O3. The summed E-state index contributed by atoms with van der Waals surface area (Å²) in [6.45, 7) is 1.08. The number of nitrogens with zero attached hydrogens (tertiary/aromatic N) is 3. The van der Waals surface area contributed by atoms with Crippen molar-refractivity contribution in [2.24, 2.45) is 4.99 Å². The number of fused-ring (bicyclic) bond motifs is 3. The summed E-state index contributed by atoms with van der Waals surface area (Å²) in [6, 6.07) is 12.9. The van der Waals surface area contributed by atoms with Gasteiger partial charge in [0.25, 0.3) is 5.97 Å². The molecule has 1 aliphatic rings. The Bertz CT molecular complexity index is 1030. The lowest BCUT2D eigenvalue weighted by Gasteiger charge is -2.12. The minimum Gasteiger partial charge on any atom is -0.481 e. The number of aromatic nitrogens is 2. The molecule has 2 heterocycles. The molecule has 4 rings (SSSR count). The first-order valence-corrected chi connectivity index (χ1v) is 8.68. The second-order valence-corrected chi connectivity index (χ2v) is 6.51. The van der Waals surface area contributed by atoms with Crippen LogP contribution in [-0.2, 0) is 4.79 Å². The van der Waals surface area contributed by atoms with E-state index >= 15 is 0 Å². The maximum atomic E-state index is 10.4. The van der Waals surface area contributed by atoms with Crippen LogP contribution >= 0.6 is 23.2 Å². The minimum atomic E-state index is -1.08. The van der Waals surface area contributed by atoms with E-state index in [-0.39, 0.29) is 0 Å². The van der Waals surface area contributed by atoms with Crippen molar-refractivity contribution in [3.8, 4) is 5.69 Å². The van der Waals surface area contributed by atoms with Gasteiger partial charge in [-0.1, -0.05) is 41.4 Å². The summed E-state index contributed by atoms with van der Waals surface area (Å²) in [5.41, 5.74) is 2.96. The van der Waals surface area contributed by atoms with Gasteiger partial charge in [0.15, 0.2) is 5.82 Å². The van der Waals surface area contributed by atoms with Crippen LogP contribution < -0.4 is 0 Å². The van der Waals surface area contributed by atoms with Crippen molar-refractivity contribution in [3.63, 3.8) is 0 Å². The van der Waals surface area contributed by atoms with E-state index in [1.165, 1.54) is 0 Å². The fourth-order valence-corrected chi connectivity index (χ4v) is 3.13. The van der Waals surface area contributed by atoms with Gasteiger partial charge in [-0.25, -0.2) is 9.98 Å². The van der Waals surface area contributed by atoms with E-state index in [1.54, 1.807) is 24.5 Å². The lowest BCUT2D eigenvalue weighted by molar-refractivity contribution is -0.134. The second-order valence-electron chi connectivity index (χ2n) is 5.67. The summed E-state index contributed by atoms with van der Waals surface area (Å²) >= 11 is 12.5. The molecule has 0 amide bonds. The Morgan fingerprint density at radius 1 is 1.15 bits per heavy atom. The lowest BCUT2D eigenvalue weighted by atomic mass is 10.0.